The lowest BCUT2D eigenvalue weighted by molar-refractivity contribution is 0.362. The fraction of sp³-hybridized carbons (Fsp3) is 1.00. The zero-order chi connectivity index (χ0) is 11.0. The van der Waals surface area contributed by atoms with E-state index in [1.807, 2.05) is 0 Å². The highest BCUT2D eigenvalue weighted by atomic mass is 15.1. The number of rotatable bonds is 8. The van der Waals surface area contributed by atoms with Crippen LogP contribution in [0.15, 0.2) is 0 Å². The van der Waals surface area contributed by atoms with Crippen LogP contribution in [-0.2, 0) is 0 Å². The van der Waals surface area contributed by atoms with Gasteiger partial charge in [0, 0.05) is 6.04 Å². The van der Waals surface area contributed by atoms with Crippen LogP contribution in [0, 0.1) is 0 Å². The zero-order valence-electron chi connectivity index (χ0n) is 10.3. The molecule has 0 saturated heterocycles. The van der Waals surface area contributed by atoms with E-state index in [4.69, 9.17) is 5.73 Å². The molecule has 0 bridgehead atoms. The number of nitrogens with two attached hydrogens (primary N) is 1. The fourth-order valence-corrected chi connectivity index (χ4v) is 1.48. The van der Waals surface area contributed by atoms with E-state index in [0.29, 0.717) is 6.04 Å². The minimum atomic E-state index is 0.398. The average Bonchev–Trinajstić information content (AvgIpc) is 2.02. The monoisotopic (exact) mass is 201 g/mol. The Kier molecular flexibility index (Phi) is 8.14. The Morgan fingerprint density at radius 3 is 1.50 bits per heavy atom. The predicted molar refractivity (Wildman–Crippen MR) is 63.6 cm³/mol. The van der Waals surface area contributed by atoms with Gasteiger partial charge in [0.2, 0.25) is 0 Å². The minimum Gasteiger partial charge on any atom is -0.328 e. The lowest BCUT2D eigenvalue weighted by Gasteiger charge is -2.15. The van der Waals surface area contributed by atoms with Crippen LogP contribution < -0.4 is 5.73 Å². The Morgan fingerprint density at radius 1 is 0.857 bits per heavy atom. The van der Waals surface area contributed by atoms with Gasteiger partial charge in [0.15, 0.2) is 0 Å². The molecule has 0 aliphatic carbocycles. The van der Waals surface area contributed by atoms with Crippen molar-refractivity contribution in [1.82, 2.24) is 9.80 Å². The summed E-state index contributed by atoms with van der Waals surface area (Å²) >= 11 is 0. The molecule has 0 unspecified atom stereocenters. The van der Waals surface area contributed by atoms with E-state index in [1.54, 1.807) is 0 Å². The van der Waals surface area contributed by atoms with Crippen molar-refractivity contribution in [2.24, 2.45) is 5.73 Å². The SMILES string of the molecule is CN(C)CCCC(N)CCCN(C)C. The quantitative estimate of drug-likeness (QED) is 0.636. The third-order valence-electron chi connectivity index (χ3n) is 2.36. The second-order valence-electron chi connectivity index (χ2n) is 4.65. The van der Waals surface area contributed by atoms with Crippen LogP contribution in [0.5, 0.6) is 0 Å². The van der Waals surface area contributed by atoms with Crippen molar-refractivity contribution in [3.63, 3.8) is 0 Å². The number of hydrogen-bond donors (Lipinski definition) is 1. The van der Waals surface area contributed by atoms with Gasteiger partial charge >= 0.3 is 0 Å². The van der Waals surface area contributed by atoms with Gasteiger partial charge in [0.25, 0.3) is 0 Å². The van der Waals surface area contributed by atoms with Gasteiger partial charge in [-0.25, -0.2) is 0 Å². The van der Waals surface area contributed by atoms with Crippen LogP contribution in [0.25, 0.3) is 0 Å². The molecule has 0 heterocycles. The molecule has 0 saturated carbocycles. The van der Waals surface area contributed by atoms with E-state index in [0.717, 1.165) is 25.9 Å². The van der Waals surface area contributed by atoms with Crippen LogP contribution in [0.1, 0.15) is 25.7 Å². The Morgan fingerprint density at radius 2 is 1.21 bits per heavy atom. The van der Waals surface area contributed by atoms with Crippen molar-refractivity contribution in [1.29, 1.82) is 0 Å². The van der Waals surface area contributed by atoms with Gasteiger partial charge in [0.1, 0.15) is 0 Å². The standard InChI is InChI=1S/C11H27N3/c1-13(2)9-5-7-11(12)8-6-10-14(3)4/h11H,5-10,12H2,1-4H3. The van der Waals surface area contributed by atoms with Gasteiger partial charge in [0.05, 0.1) is 0 Å². The van der Waals surface area contributed by atoms with Gasteiger partial charge in [-0.1, -0.05) is 0 Å². The smallest absolute Gasteiger partial charge is 0.00397 e. The van der Waals surface area contributed by atoms with Crippen molar-refractivity contribution in [3.8, 4) is 0 Å². The van der Waals surface area contributed by atoms with Crippen LogP contribution in [0.4, 0.5) is 0 Å². The molecule has 0 aliphatic rings. The summed E-state index contributed by atoms with van der Waals surface area (Å²) in [5.74, 6) is 0. The first-order valence-electron chi connectivity index (χ1n) is 5.57. The molecule has 0 fully saturated rings. The van der Waals surface area contributed by atoms with E-state index >= 15 is 0 Å². The third kappa shape index (κ3) is 9.96. The molecule has 3 nitrogen and oxygen atoms in total. The Hall–Kier alpha value is -0.120. The average molecular weight is 201 g/mol. The molecule has 0 atom stereocenters. The molecule has 0 aromatic heterocycles. The molecular formula is C11H27N3. The number of hydrogen-bond acceptors (Lipinski definition) is 3. The molecule has 0 radical (unpaired) electrons. The van der Waals surface area contributed by atoms with Crippen LogP contribution >= 0.6 is 0 Å². The number of nitrogens with zero attached hydrogens (tertiary/aromatic N) is 2. The summed E-state index contributed by atoms with van der Waals surface area (Å²) in [5, 5.41) is 0. The van der Waals surface area contributed by atoms with Gasteiger partial charge < -0.3 is 15.5 Å². The molecule has 3 heteroatoms. The van der Waals surface area contributed by atoms with Crippen molar-refractivity contribution in [2.45, 2.75) is 31.7 Å². The lowest BCUT2D eigenvalue weighted by atomic mass is 10.1. The fourth-order valence-electron chi connectivity index (χ4n) is 1.48. The minimum absolute atomic E-state index is 0.398. The summed E-state index contributed by atoms with van der Waals surface area (Å²) < 4.78 is 0. The van der Waals surface area contributed by atoms with Gasteiger partial charge in [-0.05, 0) is 67.0 Å². The Balaban J connectivity index is 3.23. The second-order valence-corrected chi connectivity index (χ2v) is 4.65. The molecule has 0 amide bonds. The summed E-state index contributed by atoms with van der Waals surface area (Å²) in [5.41, 5.74) is 6.01. The second kappa shape index (κ2) is 8.21. The van der Waals surface area contributed by atoms with E-state index in [9.17, 15) is 0 Å². The van der Waals surface area contributed by atoms with Crippen LogP contribution in [0.3, 0.4) is 0 Å². The van der Waals surface area contributed by atoms with E-state index in [2.05, 4.69) is 38.0 Å². The third-order valence-corrected chi connectivity index (χ3v) is 2.36. The van der Waals surface area contributed by atoms with Crippen LogP contribution in [-0.4, -0.2) is 57.1 Å². The lowest BCUT2D eigenvalue weighted by Crippen LogP contribution is -2.24. The Bertz CT molecular complexity index is 110. The zero-order valence-corrected chi connectivity index (χ0v) is 10.3. The molecular weight excluding hydrogens is 174 g/mol. The summed E-state index contributed by atoms with van der Waals surface area (Å²) in [4.78, 5) is 4.43. The topological polar surface area (TPSA) is 32.5 Å². The Labute approximate surface area is 89.2 Å². The highest BCUT2D eigenvalue weighted by Crippen LogP contribution is 2.03. The first kappa shape index (κ1) is 13.9. The first-order chi connectivity index (χ1) is 6.52. The van der Waals surface area contributed by atoms with Gasteiger partial charge in [-0.15, -0.1) is 0 Å². The molecule has 0 aromatic rings. The predicted octanol–water partition coefficient (Wildman–Crippen LogP) is 0.997. The molecule has 86 valence electrons. The molecule has 0 aliphatic heterocycles. The molecule has 0 spiro atoms. The van der Waals surface area contributed by atoms with Crippen molar-refractivity contribution < 1.29 is 0 Å². The molecule has 0 rings (SSSR count). The maximum atomic E-state index is 6.01. The van der Waals surface area contributed by atoms with E-state index in [-0.39, 0.29) is 0 Å². The van der Waals surface area contributed by atoms with Gasteiger partial charge in [-0.2, -0.15) is 0 Å². The largest absolute Gasteiger partial charge is 0.328 e. The maximum absolute atomic E-state index is 6.01. The van der Waals surface area contributed by atoms with Crippen molar-refractivity contribution >= 4 is 0 Å². The molecule has 0 aromatic carbocycles. The summed E-state index contributed by atoms with van der Waals surface area (Å²) in [6, 6.07) is 0.398. The normalized spacial score (nSPS) is 12.0. The van der Waals surface area contributed by atoms with Gasteiger partial charge in [-0.3, -0.25) is 0 Å². The summed E-state index contributed by atoms with van der Waals surface area (Å²) in [7, 11) is 8.43. The van der Waals surface area contributed by atoms with E-state index in [1.165, 1.54) is 12.8 Å². The molecule has 2 N–H and O–H groups in total. The molecule has 14 heavy (non-hydrogen) atoms. The first-order valence-corrected chi connectivity index (χ1v) is 5.57. The maximum Gasteiger partial charge on any atom is 0.00397 e. The summed E-state index contributed by atoms with van der Waals surface area (Å²) in [6.45, 7) is 2.31. The van der Waals surface area contributed by atoms with Crippen molar-refractivity contribution in [2.75, 3.05) is 41.3 Å². The highest BCUT2D eigenvalue weighted by Gasteiger charge is 2.02. The van der Waals surface area contributed by atoms with Crippen molar-refractivity contribution in [3.05, 3.63) is 0 Å². The summed E-state index contributed by atoms with van der Waals surface area (Å²) in [6.07, 6.45) is 4.75. The van der Waals surface area contributed by atoms with Crippen LogP contribution in [0.2, 0.25) is 0 Å². The van der Waals surface area contributed by atoms with E-state index < -0.39 is 0 Å². The highest BCUT2D eigenvalue weighted by molar-refractivity contribution is 4.63.